The van der Waals surface area contributed by atoms with E-state index in [1.165, 1.54) is 6.26 Å². The van der Waals surface area contributed by atoms with Gasteiger partial charge in [-0.2, -0.15) is 0 Å². The first kappa shape index (κ1) is 15.7. The molecule has 0 aromatic heterocycles. The molecule has 1 aliphatic rings. The average molecular weight is 319 g/mol. The van der Waals surface area contributed by atoms with Gasteiger partial charge >= 0.3 is 0 Å². The third-order valence-corrected chi connectivity index (χ3v) is 4.18. The maximum atomic E-state index is 11.3. The fraction of sp³-hybridized carbons (Fsp3) is 0.538. The number of nitrogens with one attached hydrogen (secondary N) is 1. The van der Waals surface area contributed by atoms with Gasteiger partial charge in [0.05, 0.1) is 19.5 Å². The van der Waals surface area contributed by atoms with Crippen molar-refractivity contribution >= 4 is 21.6 Å². The van der Waals surface area contributed by atoms with Crippen LogP contribution in [-0.2, 0) is 14.8 Å². The van der Waals surface area contributed by atoms with Gasteiger partial charge in [-0.05, 0) is 17.7 Å². The van der Waals surface area contributed by atoms with Gasteiger partial charge in [-0.3, -0.25) is 4.90 Å². The van der Waals surface area contributed by atoms with Gasteiger partial charge in [-0.25, -0.2) is 13.1 Å². The summed E-state index contributed by atoms with van der Waals surface area (Å²) in [4.78, 5) is 2.22. The molecule has 1 unspecified atom stereocenters. The lowest BCUT2D eigenvalue weighted by Gasteiger charge is -2.34. The Balaban J connectivity index is 2.18. The predicted molar refractivity (Wildman–Crippen MR) is 79.4 cm³/mol. The van der Waals surface area contributed by atoms with E-state index in [1.807, 2.05) is 24.3 Å². The molecule has 1 aromatic rings. The van der Waals surface area contributed by atoms with E-state index in [0.29, 0.717) is 24.8 Å². The average Bonchev–Trinajstić information content (AvgIpc) is 2.39. The van der Waals surface area contributed by atoms with Crippen molar-refractivity contribution in [1.29, 1.82) is 0 Å². The number of nitrogens with zero attached hydrogens (tertiary/aromatic N) is 1. The third kappa shape index (κ3) is 4.71. The third-order valence-electron chi connectivity index (χ3n) is 3.26. The molecule has 0 amide bonds. The molecule has 0 bridgehead atoms. The molecule has 1 aliphatic heterocycles. The first-order chi connectivity index (χ1) is 9.46. The lowest BCUT2D eigenvalue weighted by molar-refractivity contribution is 0.0172. The van der Waals surface area contributed by atoms with Crippen molar-refractivity contribution in [3.8, 4) is 0 Å². The standard InChI is InChI=1S/C13H19ClN2O3S/c1-20(17,18)15-10-13(16-5-7-19-8-6-16)11-3-2-4-12(14)9-11/h2-4,9,13,15H,5-8,10H2,1H3. The molecule has 0 aliphatic carbocycles. The Morgan fingerprint density at radius 2 is 2.10 bits per heavy atom. The van der Waals surface area contributed by atoms with E-state index < -0.39 is 10.0 Å². The van der Waals surface area contributed by atoms with Gasteiger partial charge in [0, 0.05) is 30.7 Å². The number of ether oxygens (including phenoxy) is 1. The highest BCUT2D eigenvalue weighted by Gasteiger charge is 2.23. The van der Waals surface area contributed by atoms with Crippen molar-refractivity contribution in [3.05, 3.63) is 34.9 Å². The Morgan fingerprint density at radius 3 is 2.70 bits per heavy atom. The first-order valence-corrected chi connectivity index (χ1v) is 8.74. The Labute approximate surface area is 124 Å². The van der Waals surface area contributed by atoms with Gasteiger partial charge in [0.25, 0.3) is 0 Å². The summed E-state index contributed by atoms with van der Waals surface area (Å²) in [5, 5.41) is 0.653. The van der Waals surface area contributed by atoms with E-state index in [2.05, 4.69) is 9.62 Å². The molecule has 1 atom stereocenters. The summed E-state index contributed by atoms with van der Waals surface area (Å²) in [7, 11) is -3.22. The molecule has 1 N–H and O–H groups in total. The zero-order chi connectivity index (χ0) is 14.6. The smallest absolute Gasteiger partial charge is 0.208 e. The molecule has 0 radical (unpaired) electrons. The van der Waals surface area contributed by atoms with E-state index in [9.17, 15) is 8.42 Å². The van der Waals surface area contributed by atoms with Crippen LogP contribution in [0.3, 0.4) is 0 Å². The maximum Gasteiger partial charge on any atom is 0.208 e. The van der Waals surface area contributed by atoms with Crippen LogP contribution in [-0.4, -0.2) is 52.4 Å². The molecule has 1 heterocycles. The van der Waals surface area contributed by atoms with Crippen LogP contribution in [0.5, 0.6) is 0 Å². The molecule has 1 saturated heterocycles. The molecule has 112 valence electrons. The van der Waals surface area contributed by atoms with Gasteiger partial charge in [0.15, 0.2) is 0 Å². The van der Waals surface area contributed by atoms with Crippen LogP contribution in [0, 0.1) is 0 Å². The van der Waals surface area contributed by atoms with E-state index in [0.717, 1.165) is 18.7 Å². The minimum Gasteiger partial charge on any atom is -0.379 e. The number of rotatable bonds is 5. The second kappa shape index (κ2) is 6.87. The van der Waals surface area contributed by atoms with Gasteiger partial charge in [0.2, 0.25) is 10.0 Å². The minimum atomic E-state index is -3.22. The molecule has 5 nitrogen and oxygen atoms in total. The zero-order valence-electron chi connectivity index (χ0n) is 11.4. The molecule has 20 heavy (non-hydrogen) atoms. The number of halogens is 1. The van der Waals surface area contributed by atoms with Crippen molar-refractivity contribution in [2.24, 2.45) is 0 Å². The Kier molecular flexibility index (Phi) is 5.40. The van der Waals surface area contributed by atoms with Crippen molar-refractivity contribution in [1.82, 2.24) is 9.62 Å². The maximum absolute atomic E-state index is 11.3. The molecular formula is C13H19ClN2O3S. The van der Waals surface area contributed by atoms with E-state index in [4.69, 9.17) is 16.3 Å². The van der Waals surface area contributed by atoms with Crippen LogP contribution in [0.1, 0.15) is 11.6 Å². The van der Waals surface area contributed by atoms with Crippen LogP contribution in [0.25, 0.3) is 0 Å². The van der Waals surface area contributed by atoms with E-state index in [-0.39, 0.29) is 6.04 Å². The Hall–Kier alpha value is -0.660. The topological polar surface area (TPSA) is 58.6 Å². The zero-order valence-corrected chi connectivity index (χ0v) is 13.0. The summed E-state index contributed by atoms with van der Waals surface area (Å²) >= 11 is 6.04. The first-order valence-electron chi connectivity index (χ1n) is 6.47. The highest BCUT2D eigenvalue weighted by atomic mass is 35.5. The molecular weight excluding hydrogens is 300 g/mol. The monoisotopic (exact) mass is 318 g/mol. The number of hydrogen-bond donors (Lipinski definition) is 1. The summed E-state index contributed by atoms with van der Waals surface area (Å²) in [5.41, 5.74) is 1.01. The second-order valence-electron chi connectivity index (χ2n) is 4.84. The number of hydrogen-bond acceptors (Lipinski definition) is 4. The van der Waals surface area contributed by atoms with E-state index in [1.54, 1.807) is 0 Å². The summed E-state index contributed by atoms with van der Waals surface area (Å²) in [6.07, 6.45) is 1.17. The van der Waals surface area contributed by atoms with Crippen molar-refractivity contribution < 1.29 is 13.2 Å². The summed E-state index contributed by atoms with van der Waals surface area (Å²) in [5.74, 6) is 0. The number of sulfonamides is 1. The molecule has 1 fully saturated rings. The van der Waals surface area contributed by atoms with Crippen LogP contribution >= 0.6 is 11.6 Å². The van der Waals surface area contributed by atoms with Gasteiger partial charge in [0.1, 0.15) is 0 Å². The van der Waals surface area contributed by atoms with Gasteiger partial charge in [-0.1, -0.05) is 23.7 Å². The number of morpholine rings is 1. The van der Waals surface area contributed by atoms with Crippen molar-refractivity contribution in [2.75, 3.05) is 39.1 Å². The lowest BCUT2D eigenvalue weighted by Crippen LogP contribution is -2.43. The second-order valence-corrected chi connectivity index (χ2v) is 7.11. The van der Waals surface area contributed by atoms with Crippen LogP contribution in [0.4, 0.5) is 0 Å². The minimum absolute atomic E-state index is 0.0349. The molecule has 2 rings (SSSR count). The van der Waals surface area contributed by atoms with Crippen molar-refractivity contribution in [3.63, 3.8) is 0 Å². The molecule has 0 spiro atoms. The molecule has 0 saturated carbocycles. The van der Waals surface area contributed by atoms with Crippen LogP contribution in [0.2, 0.25) is 5.02 Å². The fourth-order valence-electron chi connectivity index (χ4n) is 2.29. The molecule has 1 aromatic carbocycles. The highest BCUT2D eigenvalue weighted by Crippen LogP contribution is 2.24. The highest BCUT2D eigenvalue weighted by molar-refractivity contribution is 7.88. The van der Waals surface area contributed by atoms with Crippen molar-refractivity contribution in [2.45, 2.75) is 6.04 Å². The summed E-state index contributed by atoms with van der Waals surface area (Å²) < 4.78 is 30.6. The Morgan fingerprint density at radius 1 is 1.40 bits per heavy atom. The predicted octanol–water partition coefficient (Wildman–Crippen LogP) is 1.26. The quantitative estimate of drug-likeness (QED) is 0.888. The largest absolute Gasteiger partial charge is 0.379 e. The summed E-state index contributed by atoms with van der Waals surface area (Å²) in [6.45, 7) is 3.22. The number of benzene rings is 1. The normalized spacial score (nSPS) is 18.9. The molecule has 7 heteroatoms. The SMILES string of the molecule is CS(=O)(=O)NCC(c1cccc(Cl)c1)N1CCOCC1. The summed E-state index contributed by atoms with van der Waals surface area (Å²) in [6, 6.07) is 7.51. The Bertz CT molecular complexity index is 544. The fourth-order valence-corrected chi connectivity index (χ4v) is 2.95. The van der Waals surface area contributed by atoms with Crippen LogP contribution in [0.15, 0.2) is 24.3 Å². The lowest BCUT2D eigenvalue weighted by atomic mass is 10.1. The van der Waals surface area contributed by atoms with Gasteiger partial charge in [-0.15, -0.1) is 0 Å². The van der Waals surface area contributed by atoms with E-state index >= 15 is 0 Å². The van der Waals surface area contributed by atoms with Crippen LogP contribution < -0.4 is 4.72 Å². The van der Waals surface area contributed by atoms with Gasteiger partial charge < -0.3 is 4.74 Å².